The van der Waals surface area contributed by atoms with Gasteiger partial charge in [0.1, 0.15) is 0 Å². The second-order valence-corrected chi connectivity index (χ2v) is 9.76. The maximum atomic E-state index is 12.9. The molecule has 0 amide bonds. The molecule has 0 radical (unpaired) electrons. The Morgan fingerprint density at radius 2 is 1.16 bits per heavy atom. The highest BCUT2D eigenvalue weighted by Crippen LogP contribution is 2.54. The molecule has 0 aromatic rings. The zero-order valence-corrected chi connectivity index (χ0v) is 16.4. The average molecular weight is 504 g/mol. The van der Waals surface area contributed by atoms with E-state index in [1.54, 1.807) is 0 Å². The number of hydrogen-bond donors (Lipinski definition) is 0. The van der Waals surface area contributed by atoms with Crippen LogP contribution in [0.25, 0.3) is 0 Å². The van der Waals surface area contributed by atoms with Crippen molar-refractivity contribution in [1.82, 2.24) is 0 Å². The molecule has 0 bridgehead atoms. The second kappa shape index (κ2) is 6.31. The van der Waals surface area contributed by atoms with E-state index in [4.69, 9.17) is 0 Å². The number of alkyl halides is 8. The SMILES string of the molecule is CC(C)(C)C1C[C@@](Br)(C(=O)C(F)(F)F)C(=O)[C@@](Br)(C(=O)C(F)(F)F)C1. The molecule has 1 fully saturated rings. The van der Waals surface area contributed by atoms with Gasteiger partial charge >= 0.3 is 12.4 Å². The van der Waals surface area contributed by atoms with Crippen molar-refractivity contribution in [2.75, 3.05) is 0 Å². The van der Waals surface area contributed by atoms with E-state index in [-0.39, 0.29) is 0 Å². The number of Topliss-reactive ketones (excluding diaryl/α,β-unsaturated/α-hetero) is 3. The van der Waals surface area contributed by atoms with Crippen molar-refractivity contribution in [2.24, 2.45) is 11.3 Å². The van der Waals surface area contributed by atoms with Crippen LogP contribution in [0.4, 0.5) is 26.3 Å². The number of ketones is 3. The van der Waals surface area contributed by atoms with Gasteiger partial charge in [0.05, 0.1) is 0 Å². The Balaban J connectivity index is 3.59. The minimum atomic E-state index is -5.46. The van der Waals surface area contributed by atoms with Crippen molar-refractivity contribution in [3.05, 3.63) is 0 Å². The standard InChI is InChI=1S/C14H14Br2F6O3/c1-10(2,3)6-4-11(15,8(24)13(17,18)19)7(23)12(16,5-6)9(25)14(20,21)22/h6H,4-5H2,1-3H3/t6?,11-,12+. The molecule has 0 aromatic carbocycles. The molecule has 3 nitrogen and oxygen atoms in total. The summed E-state index contributed by atoms with van der Waals surface area (Å²) < 4.78 is 71.5. The van der Waals surface area contributed by atoms with Crippen molar-refractivity contribution >= 4 is 49.2 Å². The normalized spacial score (nSPS) is 31.8. The van der Waals surface area contributed by atoms with Crippen LogP contribution in [0.1, 0.15) is 33.6 Å². The maximum absolute atomic E-state index is 12.9. The average Bonchev–Trinajstić information content (AvgIpc) is 2.39. The first-order chi connectivity index (χ1) is 10.8. The van der Waals surface area contributed by atoms with E-state index in [9.17, 15) is 40.7 Å². The molecule has 1 saturated carbocycles. The van der Waals surface area contributed by atoms with Crippen molar-refractivity contribution < 1.29 is 40.7 Å². The lowest BCUT2D eigenvalue weighted by Gasteiger charge is -2.46. The summed E-state index contributed by atoms with van der Waals surface area (Å²) in [4.78, 5) is 36.0. The summed E-state index contributed by atoms with van der Waals surface area (Å²) in [5, 5.41) is 0. The molecule has 1 aliphatic rings. The van der Waals surface area contributed by atoms with Gasteiger partial charge in [0.25, 0.3) is 11.6 Å². The van der Waals surface area contributed by atoms with Gasteiger partial charge in [-0.25, -0.2) is 0 Å². The number of carbonyl (C=O) groups is 3. The molecule has 0 spiro atoms. The van der Waals surface area contributed by atoms with Crippen molar-refractivity contribution in [1.29, 1.82) is 0 Å². The molecule has 11 heteroatoms. The number of carbonyl (C=O) groups excluding carboxylic acids is 3. The lowest BCUT2D eigenvalue weighted by Crippen LogP contribution is -2.64. The first kappa shape index (κ1) is 22.6. The number of rotatable bonds is 2. The van der Waals surface area contributed by atoms with E-state index in [1.807, 2.05) is 0 Å². The van der Waals surface area contributed by atoms with E-state index in [0.717, 1.165) is 0 Å². The molecular formula is C14H14Br2F6O3. The Morgan fingerprint density at radius 3 is 1.36 bits per heavy atom. The molecule has 1 aliphatic carbocycles. The third kappa shape index (κ3) is 4.12. The quantitative estimate of drug-likeness (QED) is 0.316. The van der Waals surface area contributed by atoms with Gasteiger partial charge in [-0.1, -0.05) is 52.6 Å². The summed E-state index contributed by atoms with van der Waals surface area (Å²) in [7, 11) is 0. The van der Waals surface area contributed by atoms with Gasteiger partial charge < -0.3 is 0 Å². The highest BCUT2D eigenvalue weighted by molar-refractivity contribution is 9.11. The number of halogens is 8. The zero-order valence-electron chi connectivity index (χ0n) is 13.2. The van der Waals surface area contributed by atoms with Crippen LogP contribution >= 0.6 is 31.9 Å². The molecular weight excluding hydrogens is 490 g/mol. The van der Waals surface area contributed by atoms with E-state index in [1.165, 1.54) is 20.8 Å². The highest BCUT2D eigenvalue weighted by atomic mass is 79.9. The van der Waals surface area contributed by atoms with Crippen LogP contribution in [0.5, 0.6) is 0 Å². The zero-order chi connectivity index (χ0) is 20.2. The van der Waals surface area contributed by atoms with E-state index in [2.05, 4.69) is 31.9 Å². The number of hydrogen-bond acceptors (Lipinski definition) is 3. The predicted octanol–water partition coefficient (Wildman–Crippen LogP) is 4.54. The molecule has 144 valence electrons. The van der Waals surface area contributed by atoms with Crippen LogP contribution in [-0.2, 0) is 14.4 Å². The Kier molecular flexibility index (Phi) is 5.71. The lowest BCUT2D eigenvalue weighted by atomic mass is 9.63. The molecule has 1 rings (SSSR count). The Hall–Kier alpha value is -0.450. The third-order valence-corrected chi connectivity index (χ3v) is 6.32. The van der Waals surface area contributed by atoms with Crippen LogP contribution in [-0.4, -0.2) is 38.4 Å². The molecule has 3 atom stereocenters. The molecule has 0 aliphatic heterocycles. The van der Waals surface area contributed by atoms with Crippen LogP contribution in [0.15, 0.2) is 0 Å². The smallest absolute Gasteiger partial charge is 0.295 e. The summed E-state index contributed by atoms with van der Waals surface area (Å²) >= 11 is 4.87. The summed E-state index contributed by atoms with van der Waals surface area (Å²) in [5.74, 6) is -7.80. The fraction of sp³-hybridized carbons (Fsp3) is 0.786. The first-order valence-electron chi connectivity index (χ1n) is 6.94. The highest BCUT2D eigenvalue weighted by Gasteiger charge is 2.69. The van der Waals surface area contributed by atoms with Gasteiger partial charge in [-0.15, -0.1) is 0 Å². The minimum absolute atomic E-state index is 0.674. The Labute approximate surface area is 156 Å². The van der Waals surface area contributed by atoms with Gasteiger partial charge in [-0.3, -0.25) is 14.4 Å². The summed E-state index contributed by atoms with van der Waals surface area (Å²) in [5.41, 5.74) is -0.865. The van der Waals surface area contributed by atoms with Crippen molar-refractivity contribution in [3.8, 4) is 0 Å². The van der Waals surface area contributed by atoms with Crippen LogP contribution in [0.2, 0.25) is 0 Å². The van der Waals surface area contributed by atoms with Crippen LogP contribution in [0, 0.1) is 11.3 Å². The molecule has 0 N–H and O–H groups in total. The van der Waals surface area contributed by atoms with Crippen molar-refractivity contribution in [3.63, 3.8) is 0 Å². The van der Waals surface area contributed by atoms with Crippen LogP contribution < -0.4 is 0 Å². The largest absolute Gasteiger partial charge is 0.451 e. The molecule has 1 unspecified atom stereocenters. The van der Waals surface area contributed by atoms with Crippen LogP contribution in [0.3, 0.4) is 0 Å². The van der Waals surface area contributed by atoms with E-state index >= 15 is 0 Å². The predicted molar refractivity (Wildman–Crippen MR) is 82.6 cm³/mol. The Morgan fingerprint density at radius 1 is 0.880 bits per heavy atom. The van der Waals surface area contributed by atoms with Gasteiger partial charge in [-0.05, 0) is 24.2 Å². The summed E-state index contributed by atoms with van der Waals surface area (Å²) in [6.07, 6.45) is -12.3. The first-order valence-corrected chi connectivity index (χ1v) is 8.52. The van der Waals surface area contributed by atoms with Crippen molar-refractivity contribution in [2.45, 2.75) is 54.6 Å². The van der Waals surface area contributed by atoms with Gasteiger partial charge in [0.2, 0.25) is 0 Å². The maximum Gasteiger partial charge on any atom is 0.451 e. The van der Waals surface area contributed by atoms with E-state index < -0.39 is 62.5 Å². The van der Waals surface area contributed by atoms with Gasteiger partial charge in [0, 0.05) is 0 Å². The molecule has 25 heavy (non-hydrogen) atoms. The lowest BCUT2D eigenvalue weighted by molar-refractivity contribution is -0.181. The third-order valence-electron chi connectivity index (χ3n) is 4.23. The minimum Gasteiger partial charge on any atom is -0.295 e. The summed E-state index contributed by atoms with van der Waals surface area (Å²) in [6.45, 7) is 4.60. The topological polar surface area (TPSA) is 51.2 Å². The monoisotopic (exact) mass is 502 g/mol. The summed E-state index contributed by atoms with van der Waals surface area (Å²) in [6, 6.07) is 0. The molecule has 0 saturated heterocycles. The molecule has 0 heterocycles. The van der Waals surface area contributed by atoms with Gasteiger partial charge in [0.15, 0.2) is 14.4 Å². The van der Waals surface area contributed by atoms with Gasteiger partial charge in [-0.2, -0.15) is 26.3 Å². The fourth-order valence-electron chi connectivity index (χ4n) is 2.70. The van der Waals surface area contributed by atoms with E-state index in [0.29, 0.717) is 0 Å². The fourth-order valence-corrected chi connectivity index (χ4v) is 4.88. The molecule has 0 aromatic heterocycles. The Bertz CT molecular complexity index is 563. The second-order valence-electron chi connectivity index (χ2n) is 7.06.